The second-order valence-electron chi connectivity index (χ2n) is 5.54. The van der Waals surface area contributed by atoms with Gasteiger partial charge in [-0.2, -0.15) is 0 Å². The quantitative estimate of drug-likeness (QED) is 0.632. The van der Waals surface area contributed by atoms with Crippen molar-refractivity contribution in [3.63, 3.8) is 0 Å². The maximum Gasteiger partial charge on any atom is 0.341 e. The van der Waals surface area contributed by atoms with Gasteiger partial charge in [-0.05, 0) is 26.0 Å². The SMILES string of the molecule is CCOCCOC(C)C(=O)Nc1ccc(OCC(=O)O)c2ccccc12. The summed E-state index contributed by atoms with van der Waals surface area (Å²) in [6.07, 6.45) is -0.628. The number of nitrogens with one attached hydrogen (secondary N) is 1. The minimum atomic E-state index is -1.05. The van der Waals surface area contributed by atoms with E-state index in [0.29, 0.717) is 31.3 Å². The summed E-state index contributed by atoms with van der Waals surface area (Å²) >= 11 is 0. The third-order valence-corrected chi connectivity index (χ3v) is 3.66. The molecule has 0 aliphatic rings. The number of anilines is 1. The van der Waals surface area contributed by atoms with Gasteiger partial charge < -0.3 is 24.6 Å². The van der Waals surface area contributed by atoms with Crippen molar-refractivity contribution in [2.24, 2.45) is 0 Å². The topological polar surface area (TPSA) is 94.1 Å². The number of carboxylic acid groups (broad SMARTS) is 1. The Kier molecular flexibility index (Phi) is 7.37. The molecule has 7 nitrogen and oxygen atoms in total. The summed E-state index contributed by atoms with van der Waals surface area (Å²) in [5.74, 6) is -0.877. The summed E-state index contributed by atoms with van der Waals surface area (Å²) < 4.78 is 15.9. The van der Waals surface area contributed by atoms with Gasteiger partial charge in [0.05, 0.1) is 13.2 Å². The van der Waals surface area contributed by atoms with E-state index < -0.39 is 18.7 Å². The highest BCUT2D eigenvalue weighted by Gasteiger charge is 2.16. The molecule has 0 heterocycles. The molecule has 0 spiro atoms. The highest BCUT2D eigenvalue weighted by atomic mass is 16.5. The van der Waals surface area contributed by atoms with Crippen LogP contribution < -0.4 is 10.1 Å². The molecule has 0 aliphatic carbocycles. The van der Waals surface area contributed by atoms with E-state index in [0.717, 1.165) is 10.8 Å². The molecule has 0 aromatic heterocycles. The van der Waals surface area contributed by atoms with E-state index >= 15 is 0 Å². The van der Waals surface area contributed by atoms with Crippen LogP contribution in [0.1, 0.15) is 13.8 Å². The Morgan fingerprint density at radius 1 is 1.12 bits per heavy atom. The molecular weight excluding hydrogens is 338 g/mol. The number of carboxylic acids is 1. The highest BCUT2D eigenvalue weighted by molar-refractivity contribution is 6.05. The van der Waals surface area contributed by atoms with E-state index in [2.05, 4.69) is 5.32 Å². The lowest BCUT2D eigenvalue weighted by atomic mass is 10.1. The second-order valence-corrected chi connectivity index (χ2v) is 5.54. The van der Waals surface area contributed by atoms with E-state index in [1.54, 1.807) is 19.1 Å². The zero-order valence-electron chi connectivity index (χ0n) is 14.9. The van der Waals surface area contributed by atoms with Crippen LogP contribution in [-0.4, -0.2) is 49.5 Å². The normalized spacial score (nSPS) is 11.9. The van der Waals surface area contributed by atoms with Gasteiger partial charge in [-0.15, -0.1) is 0 Å². The largest absolute Gasteiger partial charge is 0.481 e. The maximum absolute atomic E-state index is 12.3. The number of benzene rings is 2. The lowest BCUT2D eigenvalue weighted by Gasteiger charge is -2.16. The third-order valence-electron chi connectivity index (χ3n) is 3.66. The zero-order valence-corrected chi connectivity index (χ0v) is 14.9. The number of carbonyl (C=O) groups is 2. The number of amides is 1. The molecule has 2 rings (SSSR count). The number of hydrogen-bond donors (Lipinski definition) is 2. The van der Waals surface area contributed by atoms with Gasteiger partial charge in [0.2, 0.25) is 0 Å². The zero-order chi connectivity index (χ0) is 18.9. The molecule has 0 bridgehead atoms. The van der Waals surface area contributed by atoms with Crippen LogP contribution in [0.5, 0.6) is 5.75 Å². The van der Waals surface area contributed by atoms with Crippen molar-refractivity contribution in [3.05, 3.63) is 36.4 Å². The van der Waals surface area contributed by atoms with Gasteiger partial charge in [0, 0.05) is 23.1 Å². The second kappa shape index (κ2) is 9.74. The first-order valence-corrected chi connectivity index (χ1v) is 8.39. The summed E-state index contributed by atoms with van der Waals surface area (Å²) in [7, 11) is 0. The fourth-order valence-electron chi connectivity index (χ4n) is 2.38. The lowest BCUT2D eigenvalue weighted by molar-refractivity contribution is -0.139. The van der Waals surface area contributed by atoms with Crippen LogP contribution in [0.3, 0.4) is 0 Å². The molecule has 0 saturated heterocycles. The molecule has 1 amide bonds. The minimum Gasteiger partial charge on any atom is -0.481 e. The molecule has 2 aromatic carbocycles. The Morgan fingerprint density at radius 3 is 2.54 bits per heavy atom. The average molecular weight is 361 g/mol. The molecule has 0 fully saturated rings. The monoisotopic (exact) mass is 361 g/mol. The van der Waals surface area contributed by atoms with Crippen molar-refractivity contribution in [2.45, 2.75) is 20.0 Å². The predicted molar refractivity (Wildman–Crippen MR) is 97.6 cm³/mol. The maximum atomic E-state index is 12.3. The van der Waals surface area contributed by atoms with Gasteiger partial charge in [0.1, 0.15) is 11.9 Å². The first-order valence-electron chi connectivity index (χ1n) is 8.39. The molecule has 1 atom stereocenters. The van der Waals surface area contributed by atoms with E-state index in [4.69, 9.17) is 19.3 Å². The molecule has 7 heteroatoms. The summed E-state index contributed by atoms with van der Waals surface area (Å²) in [6.45, 7) is 4.52. The van der Waals surface area contributed by atoms with Gasteiger partial charge in [-0.3, -0.25) is 4.79 Å². The molecular formula is C19H23NO6. The Labute approximate surface area is 151 Å². The molecule has 0 radical (unpaired) electrons. The van der Waals surface area contributed by atoms with Crippen LogP contribution in [-0.2, 0) is 19.1 Å². The Bertz CT molecular complexity index is 761. The van der Waals surface area contributed by atoms with E-state index in [9.17, 15) is 9.59 Å². The fraction of sp³-hybridized carbons (Fsp3) is 0.368. The van der Waals surface area contributed by atoms with Gasteiger partial charge in [0.25, 0.3) is 5.91 Å². The number of ether oxygens (including phenoxy) is 3. The summed E-state index contributed by atoms with van der Waals surface area (Å²) in [5.41, 5.74) is 0.605. The average Bonchev–Trinajstić information content (AvgIpc) is 2.64. The summed E-state index contributed by atoms with van der Waals surface area (Å²) in [5, 5.41) is 13.1. The van der Waals surface area contributed by atoms with Gasteiger partial charge in [-0.25, -0.2) is 4.79 Å². The standard InChI is InChI=1S/C19H23NO6/c1-3-24-10-11-25-13(2)19(23)20-16-8-9-17(26-12-18(21)22)15-7-5-4-6-14(15)16/h4-9,13H,3,10-12H2,1-2H3,(H,20,23)(H,21,22). The molecule has 2 N–H and O–H groups in total. The van der Waals surface area contributed by atoms with E-state index in [-0.39, 0.29) is 5.91 Å². The number of hydrogen-bond acceptors (Lipinski definition) is 5. The molecule has 0 saturated carbocycles. The van der Waals surface area contributed by atoms with Crippen LogP contribution in [0.25, 0.3) is 10.8 Å². The molecule has 2 aromatic rings. The first kappa shape index (κ1) is 19.7. The van der Waals surface area contributed by atoms with Gasteiger partial charge in [0.15, 0.2) is 6.61 Å². The summed E-state index contributed by atoms with van der Waals surface area (Å²) in [4.78, 5) is 23.1. The van der Waals surface area contributed by atoms with Crippen LogP contribution in [0.2, 0.25) is 0 Å². The van der Waals surface area contributed by atoms with Crippen molar-refractivity contribution in [2.75, 3.05) is 31.7 Å². The summed E-state index contributed by atoms with van der Waals surface area (Å²) in [6, 6.07) is 10.6. The molecule has 0 aliphatic heterocycles. The Balaban J connectivity index is 2.11. The predicted octanol–water partition coefficient (Wildman–Crippen LogP) is 2.68. The third kappa shape index (κ3) is 5.44. The van der Waals surface area contributed by atoms with Crippen LogP contribution >= 0.6 is 0 Å². The van der Waals surface area contributed by atoms with Crippen molar-refractivity contribution in [3.8, 4) is 5.75 Å². The van der Waals surface area contributed by atoms with Crippen molar-refractivity contribution in [1.82, 2.24) is 0 Å². The first-order chi connectivity index (χ1) is 12.5. The van der Waals surface area contributed by atoms with Crippen molar-refractivity contribution in [1.29, 1.82) is 0 Å². The Hall–Kier alpha value is -2.64. The van der Waals surface area contributed by atoms with E-state index in [1.807, 2.05) is 31.2 Å². The van der Waals surface area contributed by atoms with Crippen molar-refractivity contribution >= 4 is 28.3 Å². The fourth-order valence-corrected chi connectivity index (χ4v) is 2.38. The molecule has 1 unspecified atom stereocenters. The number of carbonyl (C=O) groups excluding carboxylic acids is 1. The molecule has 140 valence electrons. The van der Waals surface area contributed by atoms with Crippen LogP contribution in [0.4, 0.5) is 5.69 Å². The lowest BCUT2D eigenvalue weighted by Crippen LogP contribution is -2.29. The van der Waals surface area contributed by atoms with Crippen molar-refractivity contribution < 1.29 is 28.9 Å². The smallest absolute Gasteiger partial charge is 0.341 e. The number of aliphatic carboxylic acids is 1. The van der Waals surface area contributed by atoms with Crippen LogP contribution in [0.15, 0.2) is 36.4 Å². The van der Waals surface area contributed by atoms with Crippen LogP contribution in [0, 0.1) is 0 Å². The number of fused-ring (bicyclic) bond motifs is 1. The molecule has 26 heavy (non-hydrogen) atoms. The number of rotatable bonds is 10. The van der Waals surface area contributed by atoms with E-state index in [1.165, 1.54) is 0 Å². The Morgan fingerprint density at radius 2 is 1.85 bits per heavy atom. The van der Waals surface area contributed by atoms with Gasteiger partial charge >= 0.3 is 5.97 Å². The minimum absolute atomic E-state index is 0.272. The highest BCUT2D eigenvalue weighted by Crippen LogP contribution is 2.31. The van der Waals surface area contributed by atoms with Gasteiger partial charge in [-0.1, -0.05) is 24.3 Å².